The number of hydrogen-bond acceptors (Lipinski definition) is 6. The average molecular weight is 837 g/mol. The third-order valence-corrected chi connectivity index (χ3v) is 11.8. The first-order chi connectivity index (χ1) is 29.8. The lowest BCUT2D eigenvalue weighted by molar-refractivity contribution is -0.890. The highest BCUT2D eigenvalue weighted by molar-refractivity contribution is 5.93. The quantitative estimate of drug-likeness (QED) is 0.0589. The number of nitrogens with one attached hydrogen (secondary N) is 2. The number of aromatic amines is 2. The molecule has 0 spiro atoms. The molecule has 0 radical (unpaired) electrons. The molecular formula is C52H68N8O2+2. The van der Waals surface area contributed by atoms with Crippen molar-refractivity contribution in [1.82, 2.24) is 29.7 Å². The SMILES string of the molecule is CN(C)CCC[N+](C)(C)CCCOc1ccc(-c2c3nc(cc4ccc([nH]4)c(-c4ccc(OCCC[N+](C)(C)CCCN(C)C)cc4)c4nc(cc5ccc2[nH]5)C=C4)C=C3)cc1. The lowest BCUT2D eigenvalue weighted by atomic mass is 10.0. The molecule has 5 heterocycles. The van der Waals surface area contributed by atoms with Crippen LogP contribution in [0, 0.1) is 0 Å². The van der Waals surface area contributed by atoms with Crippen LogP contribution in [0.25, 0.3) is 68.6 Å². The van der Waals surface area contributed by atoms with Crippen molar-refractivity contribution in [3.63, 3.8) is 0 Å². The number of rotatable bonds is 20. The summed E-state index contributed by atoms with van der Waals surface area (Å²) in [7, 11) is 17.8. The summed E-state index contributed by atoms with van der Waals surface area (Å²) in [5.74, 6) is 1.76. The van der Waals surface area contributed by atoms with Crippen LogP contribution < -0.4 is 9.47 Å². The van der Waals surface area contributed by atoms with Crippen LogP contribution in [-0.2, 0) is 0 Å². The fourth-order valence-electron chi connectivity index (χ4n) is 8.33. The highest BCUT2D eigenvalue weighted by atomic mass is 16.5. The molecule has 8 bridgehead atoms. The fourth-order valence-corrected chi connectivity index (χ4v) is 8.33. The fraction of sp³-hybridized carbons (Fsp3) is 0.385. The molecule has 3 aromatic heterocycles. The van der Waals surface area contributed by atoms with Gasteiger partial charge >= 0.3 is 0 Å². The molecule has 0 unspecified atom stereocenters. The van der Waals surface area contributed by atoms with Gasteiger partial charge in [0.05, 0.1) is 90.4 Å². The Morgan fingerprint density at radius 2 is 0.871 bits per heavy atom. The Bertz CT molecular complexity index is 2320. The van der Waals surface area contributed by atoms with Crippen LogP contribution in [0.5, 0.6) is 11.5 Å². The minimum Gasteiger partial charge on any atom is -0.493 e. The minimum absolute atomic E-state index is 0.694. The predicted molar refractivity (Wildman–Crippen MR) is 260 cm³/mol. The first-order valence-corrected chi connectivity index (χ1v) is 22.3. The number of H-pyrrole nitrogens is 2. The van der Waals surface area contributed by atoms with Crippen LogP contribution in [-0.4, -0.2) is 148 Å². The van der Waals surface area contributed by atoms with Crippen LogP contribution in [0.15, 0.2) is 84.9 Å². The molecule has 326 valence electrons. The Labute approximate surface area is 369 Å². The molecule has 2 aliphatic rings. The van der Waals surface area contributed by atoms with Gasteiger partial charge in [0.25, 0.3) is 0 Å². The van der Waals surface area contributed by atoms with Crippen molar-refractivity contribution in [3.8, 4) is 33.8 Å². The number of quaternary nitrogens is 2. The second-order valence-electron chi connectivity index (χ2n) is 18.7. The Hall–Kier alpha value is -5.52. The predicted octanol–water partition coefficient (Wildman–Crippen LogP) is 9.58. The van der Waals surface area contributed by atoms with E-state index < -0.39 is 0 Å². The van der Waals surface area contributed by atoms with Crippen LogP contribution in [0.3, 0.4) is 0 Å². The lowest BCUT2D eigenvalue weighted by Gasteiger charge is -2.30. The van der Waals surface area contributed by atoms with Crippen LogP contribution in [0.4, 0.5) is 0 Å². The van der Waals surface area contributed by atoms with E-state index in [0.717, 1.165) is 140 Å². The first-order valence-electron chi connectivity index (χ1n) is 22.3. The van der Waals surface area contributed by atoms with Gasteiger partial charge in [-0.1, -0.05) is 24.3 Å². The Balaban J connectivity index is 1.11. The average Bonchev–Trinajstić information content (AvgIpc) is 4.07. The van der Waals surface area contributed by atoms with E-state index in [-0.39, 0.29) is 0 Å². The summed E-state index contributed by atoms with van der Waals surface area (Å²) in [6, 6.07) is 29.6. The molecule has 10 heteroatoms. The van der Waals surface area contributed by atoms with Crippen molar-refractivity contribution < 1.29 is 18.4 Å². The minimum atomic E-state index is 0.694. The van der Waals surface area contributed by atoms with Crippen LogP contribution in [0.2, 0.25) is 0 Å². The molecule has 0 atom stereocenters. The van der Waals surface area contributed by atoms with Gasteiger partial charge in [0.15, 0.2) is 0 Å². The summed E-state index contributed by atoms with van der Waals surface area (Å²) in [5.41, 5.74) is 11.7. The van der Waals surface area contributed by atoms with Crippen molar-refractivity contribution in [2.24, 2.45) is 0 Å². The highest BCUT2D eigenvalue weighted by Crippen LogP contribution is 2.33. The zero-order valence-electron chi connectivity index (χ0n) is 38.4. The van der Waals surface area contributed by atoms with Crippen molar-refractivity contribution in [3.05, 3.63) is 108 Å². The van der Waals surface area contributed by atoms with Crippen molar-refractivity contribution >= 4 is 46.4 Å². The maximum atomic E-state index is 6.23. The van der Waals surface area contributed by atoms with Gasteiger partial charge in [-0.05, 0) is 124 Å². The second kappa shape index (κ2) is 20.1. The van der Waals surface area contributed by atoms with Gasteiger partial charge in [-0.2, -0.15) is 0 Å². The van der Waals surface area contributed by atoms with Gasteiger partial charge in [-0.15, -0.1) is 0 Å². The number of fused-ring (bicyclic) bond motifs is 8. The molecule has 2 aromatic carbocycles. The third-order valence-electron chi connectivity index (χ3n) is 11.8. The van der Waals surface area contributed by atoms with Crippen molar-refractivity contribution in [2.75, 3.05) is 109 Å². The van der Waals surface area contributed by atoms with Gasteiger partial charge in [0.2, 0.25) is 0 Å². The second-order valence-corrected chi connectivity index (χ2v) is 18.7. The summed E-state index contributed by atoms with van der Waals surface area (Å²) in [4.78, 5) is 22.2. The number of aromatic nitrogens is 4. The smallest absolute Gasteiger partial charge is 0.119 e. The number of ether oxygens (including phenoxy) is 2. The number of hydrogen-bond donors (Lipinski definition) is 2. The molecule has 0 saturated carbocycles. The van der Waals surface area contributed by atoms with E-state index in [2.05, 4.69) is 185 Å². The lowest BCUT2D eigenvalue weighted by Crippen LogP contribution is -2.42. The maximum absolute atomic E-state index is 6.23. The van der Waals surface area contributed by atoms with E-state index >= 15 is 0 Å². The van der Waals surface area contributed by atoms with Gasteiger partial charge in [0, 0.05) is 72.0 Å². The van der Waals surface area contributed by atoms with E-state index in [4.69, 9.17) is 19.4 Å². The van der Waals surface area contributed by atoms with E-state index in [1.165, 1.54) is 12.8 Å². The summed E-state index contributed by atoms with van der Waals surface area (Å²) in [6.07, 6.45) is 12.8. The summed E-state index contributed by atoms with van der Waals surface area (Å²) in [5, 5.41) is 0. The van der Waals surface area contributed by atoms with E-state index in [1.54, 1.807) is 0 Å². The number of nitrogens with zero attached hydrogens (tertiary/aromatic N) is 6. The van der Waals surface area contributed by atoms with Gasteiger partial charge in [0.1, 0.15) is 11.5 Å². The molecule has 10 nitrogen and oxygen atoms in total. The molecule has 0 aliphatic carbocycles. The summed E-state index contributed by atoms with van der Waals surface area (Å²) in [6.45, 7) is 8.13. The molecule has 7 rings (SSSR count). The maximum Gasteiger partial charge on any atom is 0.119 e. The van der Waals surface area contributed by atoms with E-state index in [0.29, 0.717) is 13.2 Å². The number of benzene rings is 2. The van der Waals surface area contributed by atoms with Crippen LogP contribution >= 0.6 is 0 Å². The summed E-state index contributed by atoms with van der Waals surface area (Å²) < 4.78 is 14.5. The molecular weight excluding hydrogens is 769 g/mol. The van der Waals surface area contributed by atoms with Gasteiger partial charge in [-0.25, -0.2) is 9.97 Å². The monoisotopic (exact) mass is 837 g/mol. The normalized spacial score (nSPS) is 12.8. The Morgan fingerprint density at radius 1 is 0.484 bits per heavy atom. The Morgan fingerprint density at radius 3 is 1.26 bits per heavy atom. The first kappa shape index (κ1) is 44.5. The van der Waals surface area contributed by atoms with Gasteiger partial charge < -0.3 is 38.2 Å². The van der Waals surface area contributed by atoms with Crippen molar-refractivity contribution in [2.45, 2.75) is 25.7 Å². The third kappa shape index (κ3) is 12.3. The van der Waals surface area contributed by atoms with Crippen molar-refractivity contribution in [1.29, 1.82) is 0 Å². The van der Waals surface area contributed by atoms with Crippen LogP contribution in [0.1, 0.15) is 48.5 Å². The van der Waals surface area contributed by atoms with Gasteiger partial charge in [-0.3, -0.25) is 0 Å². The zero-order valence-corrected chi connectivity index (χ0v) is 38.4. The van der Waals surface area contributed by atoms with E-state index in [9.17, 15) is 0 Å². The topological polar surface area (TPSA) is 82.3 Å². The molecule has 2 aliphatic heterocycles. The molecule has 62 heavy (non-hydrogen) atoms. The molecule has 0 fully saturated rings. The molecule has 0 amide bonds. The zero-order chi connectivity index (χ0) is 43.7. The summed E-state index contributed by atoms with van der Waals surface area (Å²) >= 11 is 0. The molecule has 5 aromatic rings. The standard InChI is InChI=1S/C52H68N8O2/c1-57(2)29-9-31-59(5,6)33-11-35-61-45-21-13-39(14-22-45)51-47-25-17-41(53-47)37-43-19-27-49(55-43)52(50-28-20-44(56-50)38-42-18-26-48(51)54-42)40-15-23-46(24-16-40)62-36-12-34-60(7,8)32-10-30-58(3)4/h13-28,37-38,53,56H,9-12,29-36H2,1-8H3/q+2. The molecule has 0 saturated heterocycles. The molecule has 2 N–H and O–H groups in total. The largest absolute Gasteiger partial charge is 0.493 e. The Kier molecular flexibility index (Phi) is 14.4. The highest BCUT2D eigenvalue weighted by Gasteiger charge is 2.17. The van der Waals surface area contributed by atoms with E-state index in [1.807, 2.05) is 0 Å².